The van der Waals surface area contributed by atoms with Crippen LogP contribution in [0.5, 0.6) is 0 Å². The van der Waals surface area contributed by atoms with Crippen molar-refractivity contribution in [2.24, 2.45) is 0 Å². The molecule has 21 heavy (non-hydrogen) atoms. The zero-order valence-electron chi connectivity index (χ0n) is 11.1. The molecule has 1 aromatic heterocycles. The maximum absolute atomic E-state index is 12.5. The average molecular weight is 282 g/mol. The van der Waals surface area contributed by atoms with Crippen molar-refractivity contribution >= 4 is 11.6 Å². The van der Waals surface area contributed by atoms with Gasteiger partial charge in [-0.15, -0.1) is 0 Å². The fraction of sp³-hybridized carbons (Fsp3) is 0.125. The van der Waals surface area contributed by atoms with Gasteiger partial charge in [-0.25, -0.2) is 0 Å². The molecule has 5 heteroatoms. The molecule has 2 heterocycles. The van der Waals surface area contributed by atoms with Crippen LogP contribution in [0.4, 0.5) is 0 Å². The van der Waals surface area contributed by atoms with Crippen molar-refractivity contribution in [1.82, 2.24) is 0 Å². The number of ketones is 2. The maximum Gasteiger partial charge on any atom is 0.306 e. The lowest BCUT2D eigenvalue weighted by molar-refractivity contribution is -0.147. The first kappa shape index (κ1) is 12.0. The highest BCUT2D eigenvalue weighted by molar-refractivity contribution is 6.27. The molecule has 0 amide bonds. The maximum atomic E-state index is 12.5. The quantitative estimate of drug-likeness (QED) is 0.686. The topological polar surface area (TPSA) is 65.7 Å². The normalized spacial score (nSPS) is 18.0. The van der Waals surface area contributed by atoms with Crippen LogP contribution >= 0.6 is 0 Å². The molecule has 4 rings (SSSR count). The van der Waals surface area contributed by atoms with Crippen LogP contribution in [0.15, 0.2) is 47.3 Å². The fourth-order valence-corrected chi connectivity index (χ4v) is 2.56. The lowest BCUT2D eigenvalue weighted by Gasteiger charge is -2.19. The van der Waals surface area contributed by atoms with Gasteiger partial charge in [0.1, 0.15) is 12.5 Å². The number of hydrogen-bond donors (Lipinski definition) is 0. The summed E-state index contributed by atoms with van der Waals surface area (Å²) in [6.07, 6.45) is 2.78. The number of ether oxygens (including phenoxy) is 2. The van der Waals surface area contributed by atoms with E-state index in [1.807, 2.05) is 0 Å². The van der Waals surface area contributed by atoms with Crippen LogP contribution in [-0.2, 0) is 15.3 Å². The Morgan fingerprint density at radius 3 is 2.19 bits per heavy atom. The Hall–Kier alpha value is -2.82. The van der Waals surface area contributed by atoms with Gasteiger partial charge in [-0.3, -0.25) is 9.59 Å². The van der Waals surface area contributed by atoms with Gasteiger partial charge in [-0.05, 0) is 6.07 Å². The summed E-state index contributed by atoms with van der Waals surface area (Å²) in [7, 11) is 0. The van der Waals surface area contributed by atoms with E-state index in [2.05, 4.69) is 0 Å². The molecule has 5 nitrogen and oxygen atoms in total. The van der Waals surface area contributed by atoms with Crippen molar-refractivity contribution in [2.75, 3.05) is 0 Å². The molecule has 0 fully saturated rings. The van der Waals surface area contributed by atoms with E-state index in [0.29, 0.717) is 11.1 Å². The van der Waals surface area contributed by atoms with E-state index < -0.39 is 5.79 Å². The van der Waals surface area contributed by atoms with Gasteiger partial charge in [-0.1, -0.05) is 24.3 Å². The summed E-state index contributed by atoms with van der Waals surface area (Å²) in [5.41, 5.74) is 0.986. The Labute approximate surface area is 119 Å². The van der Waals surface area contributed by atoms with E-state index in [0.717, 1.165) is 0 Å². The third-order valence-corrected chi connectivity index (χ3v) is 3.69. The van der Waals surface area contributed by atoms with Crippen LogP contribution in [-0.4, -0.2) is 11.6 Å². The second-order valence-corrected chi connectivity index (χ2v) is 5.01. The lowest BCUT2D eigenvalue weighted by atomic mass is 9.88. The number of rotatable bonds is 1. The first-order chi connectivity index (χ1) is 10.1. The largest absolute Gasteiger partial charge is 0.450 e. The van der Waals surface area contributed by atoms with E-state index in [1.54, 1.807) is 31.2 Å². The number of fused-ring (bicyclic) bond motifs is 2. The zero-order chi connectivity index (χ0) is 14.6. The number of benzene rings is 1. The van der Waals surface area contributed by atoms with E-state index in [1.165, 1.54) is 18.6 Å². The van der Waals surface area contributed by atoms with Crippen LogP contribution in [0, 0.1) is 0 Å². The molecular weight excluding hydrogens is 272 g/mol. The van der Waals surface area contributed by atoms with Crippen LogP contribution in [0.25, 0.3) is 0 Å². The van der Waals surface area contributed by atoms with E-state index in [-0.39, 0.29) is 28.7 Å². The highest BCUT2D eigenvalue weighted by atomic mass is 16.7. The Morgan fingerprint density at radius 1 is 0.905 bits per heavy atom. The number of hydrogen-bond acceptors (Lipinski definition) is 5. The summed E-state index contributed by atoms with van der Waals surface area (Å²) in [5.74, 6) is -1.36. The molecule has 0 bridgehead atoms. The van der Waals surface area contributed by atoms with Gasteiger partial charge in [0.15, 0.2) is 17.3 Å². The third-order valence-electron chi connectivity index (χ3n) is 3.69. The summed E-state index contributed by atoms with van der Waals surface area (Å²) in [4.78, 5) is 24.9. The van der Waals surface area contributed by atoms with Crippen LogP contribution in [0.1, 0.15) is 44.7 Å². The molecule has 2 aliphatic rings. The number of carbonyl (C=O) groups excluding carboxylic acids is 2. The van der Waals surface area contributed by atoms with Crippen LogP contribution < -0.4 is 0 Å². The van der Waals surface area contributed by atoms with Gasteiger partial charge < -0.3 is 13.9 Å². The Bertz CT molecular complexity index is 751. The minimum Gasteiger partial charge on any atom is -0.450 e. The summed E-state index contributed by atoms with van der Waals surface area (Å²) in [5, 5.41) is 0. The predicted octanol–water partition coefficient (Wildman–Crippen LogP) is 2.75. The third kappa shape index (κ3) is 1.51. The van der Waals surface area contributed by atoms with Gasteiger partial charge >= 0.3 is 5.79 Å². The van der Waals surface area contributed by atoms with Crippen molar-refractivity contribution in [1.29, 1.82) is 0 Å². The van der Waals surface area contributed by atoms with Crippen molar-refractivity contribution in [3.05, 3.63) is 71.1 Å². The molecular formula is C16H10O5. The Balaban J connectivity index is 1.88. The monoisotopic (exact) mass is 282 g/mol. The first-order valence-electron chi connectivity index (χ1n) is 6.43. The second kappa shape index (κ2) is 3.85. The molecule has 2 aromatic rings. The minimum atomic E-state index is -1.15. The Kier molecular flexibility index (Phi) is 2.19. The van der Waals surface area contributed by atoms with Crippen molar-refractivity contribution in [2.45, 2.75) is 12.7 Å². The first-order valence-corrected chi connectivity index (χ1v) is 6.43. The van der Waals surface area contributed by atoms with Gasteiger partial charge in [0.2, 0.25) is 5.78 Å². The summed E-state index contributed by atoms with van der Waals surface area (Å²) < 4.78 is 16.2. The van der Waals surface area contributed by atoms with Crippen molar-refractivity contribution in [3.8, 4) is 0 Å². The average Bonchev–Trinajstić information content (AvgIpc) is 3.12. The van der Waals surface area contributed by atoms with Gasteiger partial charge in [0.25, 0.3) is 0 Å². The Morgan fingerprint density at radius 2 is 1.52 bits per heavy atom. The van der Waals surface area contributed by atoms with E-state index in [4.69, 9.17) is 13.9 Å². The molecule has 1 aliphatic carbocycles. The van der Waals surface area contributed by atoms with Crippen molar-refractivity contribution in [3.63, 3.8) is 0 Å². The van der Waals surface area contributed by atoms with E-state index in [9.17, 15) is 9.59 Å². The highest BCUT2D eigenvalue weighted by Crippen LogP contribution is 2.37. The molecule has 0 atom stereocenters. The molecule has 0 spiro atoms. The molecule has 1 aromatic carbocycles. The standard InChI is InChI=1S/C16H10O5/c1-16(19-6-7-20-16)12-8-11-13(17)9-4-2-3-5-10(9)14(18)15(11)21-12/h2-8H,1H3. The molecule has 0 saturated heterocycles. The van der Waals surface area contributed by atoms with Gasteiger partial charge in [0, 0.05) is 18.1 Å². The smallest absolute Gasteiger partial charge is 0.306 e. The molecule has 1 aliphatic heterocycles. The minimum absolute atomic E-state index is 0.0361. The molecule has 0 radical (unpaired) electrons. The van der Waals surface area contributed by atoms with E-state index >= 15 is 0 Å². The second-order valence-electron chi connectivity index (χ2n) is 5.01. The van der Waals surface area contributed by atoms with Gasteiger partial charge in [-0.2, -0.15) is 0 Å². The summed E-state index contributed by atoms with van der Waals surface area (Å²) in [6.45, 7) is 1.65. The molecule has 0 saturated carbocycles. The fourth-order valence-electron chi connectivity index (χ4n) is 2.56. The van der Waals surface area contributed by atoms with Crippen LogP contribution in [0.2, 0.25) is 0 Å². The molecule has 104 valence electrons. The zero-order valence-corrected chi connectivity index (χ0v) is 11.1. The summed E-state index contributed by atoms with van der Waals surface area (Å²) >= 11 is 0. The van der Waals surface area contributed by atoms with Crippen LogP contribution in [0.3, 0.4) is 0 Å². The highest BCUT2D eigenvalue weighted by Gasteiger charge is 2.41. The lowest BCUT2D eigenvalue weighted by Crippen LogP contribution is -2.21. The molecule has 0 N–H and O–H groups in total. The predicted molar refractivity (Wildman–Crippen MR) is 70.7 cm³/mol. The van der Waals surface area contributed by atoms with Crippen molar-refractivity contribution < 1.29 is 23.5 Å². The molecule has 0 unspecified atom stereocenters. The number of carbonyl (C=O) groups is 2. The SMILES string of the molecule is CC1(c2cc3c(o2)C(=O)c2ccccc2C3=O)OC=CO1. The van der Waals surface area contributed by atoms with Gasteiger partial charge in [0.05, 0.1) is 5.56 Å². The number of furan rings is 1. The summed E-state index contributed by atoms with van der Waals surface area (Å²) in [6, 6.07) is 8.21.